The third kappa shape index (κ3) is 5.83. The van der Waals surface area contributed by atoms with Crippen molar-refractivity contribution in [2.75, 3.05) is 17.0 Å². The highest BCUT2D eigenvalue weighted by atomic mass is 79.9. The smallest absolute Gasteiger partial charge is 0.264 e. The lowest BCUT2D eigenvalue weighted by Crippen LogP contribution is -2.25. The fourth-order valence-corrected chi connectivity index (χ4v) is 3.09. The third-order valence-electron chi connectivity index (χ3n) is 3.58. The fraction of sp³-hybridized carbons (Fsp3) is 0.111. The topological polar surface area (TPSA) is 110 Å². The Morgan fingerprint density at radius 3 is 2.68 bits per heavy atom. The van der Waals surface area contributed by atoms with Crippen LogP contribution in [0.5, 0.6) is 0 Å². The average molecular weight is 460 g/mol. The molecule has 4 N–H and O–H groups in total. The molecule has 0 radical (unpaired) electrons. The Morgan fingerprint density at radius 1 is 1.18 bits per heavy atom. The van der Waals surface area contributed by atoms with Crippen molar-refractivity contribution in [2.45, 2.75) is 11.7 Å². The number of benzene rings is 2. The number of hydrogen-bond acceptors (Lipinski definition) is 7. The van der Waals surface area contributed by atoms with E-state index in [2.05, 4.69) is 42.0 Å². The number of carbonyl (C=O) groups excluding carboxylic acids is 1. The van der Waals surface area contributed by atoms with Crippen molar-refractivity contribution in [1.29, 1.82) is 0 Å². The molecule has 2 aromatic carbocycles. The van der Waals surface area contributed by atoms with Crippen molar-refractivity contribution in [3.05, 3.63) is 70.2 Å². The van der Waals surface area contributed by atoms with E-state index in [4.69, 9.17) is 5.84 Å². The van der Waals surface area contributed by atoms with Crippen LogP contribution in [0.15, 0.2) is 69.3 Å². The van der Waals surface area contributed by atoms with Crippen LogP contribution < -0.4 is 16.6 Å². The molecule has 144 valence electrons. The minimum absolute atomic E-state index is 0.111. The van der Waals surface area contributed by atoms with Crippen LogP contribution in [0.1, 0.15) is 11.1 Å². The van der Waals surface area contributed by atoms with Gasteiger partial charge in [0.15, 0.2) is 0 Å². The largest absolute Gasteiger partial charge is 0.351 e. The van der Waals surface area contributed by atoms with Gasteiger partial charge in [-0.3, -0.25) is 4.79 Å². The number of nitrogen functional groups attached to an aromatic ring is 1. The molecule has 0 unspecified atom stereocenters. The van der Waals surface area contributed by atoms with Crippen LogP contribution in [0, 0.1) is 0 Å². The van der Waals surface area contributed by atoms with Crippen LogP contribution in [0.25, 0.3) is 0 Å². The summed E-state index contributed by atoms with van der Waals surface area (Å²) in [5.41, 5.74) is 4.70. The van der Waals surface area contributed by atoms with E-state index in [1.165, 1.54) is 16.4 Å². The lowest BCUT2D eigenvalue weighted by molar-refractivity contribution is -0.118. The number of thioether (sulfide) groups is 1. The molecule has 8 nitrogen and oxygen atoms in total. The van der Waals surface area contributed by atoms with E-state index < -0.39 is 0 Å². The zero-order valence-electron chi connectivity index (χ0n) is 14.7. The Bertz CT molecular complexity index is 944. The maximum Gasteiger partial charge on any atom is 0.264 e. The lowest BCUT2D eigenvalue weighted by Gasteiger charge is -2.05. The maximum absolute atomic E-state index is 12.0. The van der Waals surface area contributed by atoms with Gasteiger partial charge in [-0.25, -0.2) is 10.1 Å². The summed E-state index contributed by atoms with van der Waals surface area (Å²) in [5.74, 6) is 6.30. The maximum atomic E-state index is 12.0. The van der Waals surface area contributed by atoms with Crippen LogP contribution in [0.2, 0.25) is 0 Å². The number of carbonyl (C=O) groups is 1. The van der Waals surface area contributed by atoms with Gasteiger partial charge in [0.2, 0.25) is 11.1 Å². The third-order valence-corrected chi connectivity index (χ3v) is 5.05. The summed E-state index contributed by atoms with van der Waals surface area (Å²) in [5, 5.41) is 15.3. The highest BCUT2D eigenvalue weighted by Gasteiger charge is 2.11. The molecule has 0 aliphatic carbocycles. The predicted molar refractivity (Wildman–Crippen MR) is 115 cm³/mol. The molecular weight excluding hydrogens is 442 g/mol. The second-order valence-corrected chi connectivity index (χ2v) is 7.51. The van der Waals surface area contributed by atoms with Crippen LogP contribution in [0.3, 0.4) is 0 Å². The molecule has 0 bridgehead atoms. The van der Waals surface area contributed by atoms with Crippen molar-refractivity contribution in [1.82, 2.24) is 20.2 Å². The van der Waals surface area contributed by atoms with Gasteiger partial charge in [-0.15, -0.1) is 10.2 Å². The Kier molecular flexibility index (Phi) is 7.04. The van der Waals surface area contributed by atoms with Gasteiger partial charge < -0.3 is 11.2 Å². The molecule has 0 saturated carbocycles. The molecule has 0 fully saturated rings. The highest BCUT2D eigenvalue weighted by molar-refractivity contribution is 9.10. The first-order valence-corrected chi connectivity index (χ1v) is 10.1. The normalized spacial score (nSPS) is 10.9. The van der Waals surface area contributed by atoms with Gasteiger partial charge >= 0.3 is 0 Å². The SMILES string of the molecule is Nn1c(N/N=C/c2ccc(Br)cc2)nnc1SCC(=O)NCc1ccccc1. The van der Waals surface area contributed by atoms with E-state index in [0.29, 0.717) is 11.7 Å². The van der Waals surface area contributed by atoms with Crippen molar-refractivity contribution in [2.24, 2.45) is 5.10 Å². The van der Waals surface area contributed by atoms with Crippen LogP contribution in [0.4, 0.5) is 5.95 Å². The molecule has 0 aliphatic heterocycles. The fourth-order valence-electron chi connectivity index (χ4n) is 2.14. The van der Waals surface area contributed by atoms with Gasteiger partial charge in [0.25, 0.3) is 5.95 Å². The number of amides is 1. The van der Waals surface area contributed by atoms with Crippen LogP contribution in [-0.2, 0) is 11.3 Å². The number of anilines is 1. The van der Waals surface area contributed by atoms with Gasteiger partial charge in [0.1, 0.15) is 0 Å². The minimum atomic E-state index is -0.111. The Balaban J connectivity index is 1.47. The number of aromatic nitrogens is 3. The quantitative estimate of drug-likeness (QED) is 0.206. The average Bonchev–Trinajstić information content (AvgIpc) is 3.07. The Hall–Kier alpha value is -2.85. The number of hydrogen-bond donors (Lipinski definition) is 3. The van der Waals surface area contributed by atoms with Crippen molar-refractivity contribution in [3.8, 4) is 0 Å². The molecule has 1 heterocycles. The van der Waals surface area contributed by atoms with Gasteiger partial charge in [-0.2, -0.15) is 5.10 Å². The first-order valence-electron chi connectivity index (χ1n) is 8.30. The molecule has 0 saturated heterocycles. The zero-order valence-corrected chi connectivity index (χ0v) is 17.2. The standard InChI is InChI=1S/C18H18BrN7OS/c19-15-8-6-14(7-9-15)11-22-23-17-24-25-18(26(17)20)28-12-16(27)21-10-13-4-2-1-3-5-13/h1-9,11H,10,12,20H2,(H,21,27)(H,23,24)/b22-11+. The Labute approximate surface area is 174 Å². The Morgan fingerprint density at radius 2 is 1.93 bits per heavy atom. The summed E-state index contributed by atoms with van der Waals surface area (Å²) in [6.07, 6.45) is 1.64. The molecular formula is C18H18BrN7OS. The monoisotopic (exact) mass is 459 g/mol. The number of nitrogens with two attached hydrogens (primary N) is 1. The van der Waals surface area contributed by atoms with E-state index >= 15 is 0 Å². The molecule has 10 heteroatoms. The molecule has 3 aromatic rings. The molecule has 0 aliphatic rings. The second-order valence-electron chi connectivity index (χ2n) is 5.65. The molecule has 0 spiro atoms. The van der Waals surface area contributed by atoms with E-state index in [0.717, 1.165) is 15.6 Å². The molecule has 1 aromatic heterocycles. The van der Waals surface area contributed by atoms with Gasteiger partial charge in [-0.05, 0) is 23.3 Å². The summed E-state index contributed by atoms with van der Waals surface area (Å²) in [7, 11) is 0. The predicted octanol–water partition coefficient (Wildman–Crippen LogP) is 2.61. The van der Waals surface area contributed by atoms with Gasteiger partial charge in [0, 0.05) is 11.0 Å². The van der Waals surface area contributed by atoms with Crippen molar-refractivity contribution in [3.63, 3.8) is 0 Å². The summed E-state index contributed by atoms with van der Waals surface area (Å²) in [6.45, 7) is 0.479. The summed E-state index contributed by atoms with van der Waals surface area (Å²) >= 11 is 4.58. The number of nitrogens with zero attached hydrogens (tertiary/aromatic N) is 4. The number of rotatable bonds is 8. The number of nitrogens with one attached hydrogen (secondary N) is 2. The number of halogens is 1. The van der Waals surface area contributed by atoms with Gasteiger partial charge in [-0.1, -0.05) is 70.2 Å². The molecule has 1 amide bonds. The van der Waals surface area contributed by atoms with Crippen molar-refractivity contribution < 1.29 is 4.79 Å². The number of hydrazone groups is 1. The van der Waals surface area contributed by atoms with E-state index in [-0.39, 0.29) is 17.6 Å². The van der Waals surface area contributed by atoms with E-state index in [9.17, 15) is 4.79 Å². The summed E-state index contributed by atoms with van der Waals surface area (Å²) in [6, 6.07) is 17.4. The minimum Gasteiger partial charge on any atom is -0.351 e. The lowest BCUT2D eigenvalue weighted by atomic mass is 10.2. The molecule has 0 atom stereocenters. The van der Waals surface area contributed by atoms with Gasteiger partial charge in [0.05, 0.1) is 12.0 Å². The molecule has 3 rings (SSSR count). The molecule has 28 heavy (non-hydrogen) atoms. The summed E-state index contributed by atoms with van der Waals surface area (Å²) in [4.78, 5) is 12.0. The highest BCUT2D eigenvalue weighted by Crippen LogP contribution is 2.16. The zero-order chi connectivity index (χ0) is 19.8. The van der Waals surface area contributed by atoms with Crippen molar-refractivity contribution >= 4 is 45.8 Å². The first-order chi connectivity index (χ1) is 13.6. The second kappa shape index (κ2) is 9.90. The first kappa shape index (κ1) is 19.9. The van der Waals surface area contributed by atoms with Crippen LogP contribution >= 0.6 is 27.7 Å². The summed E-state index contributed by atoms with van der Waals surface area (Å²) < 4.78 is 2.25. The van der Waals surface area contributed by atoms with E-state index in [1.54, 1.807) is 6.21 Å². The van der Waals surface area contributed by atoms with E-state index in [1.807, 2.05) is 54.6 Å². The van der Waals surface area contributed by atoms with Crippen LogP contribution in [-0.4, -0.2) is 32.7 Å².